The molecule has 4 rings (SSSR count). The minimum absolute atomic E-state index is 0.0697. The Morgan fingerprint density at radius 3 is 2.20 bits per heavy atom. The molecule has 1 aliphatic heterocycles. The topological polar surface area (TPSA) is 64.2 Å². The third kappa shape index (κ3) is 5.27. The molecule has 5 nitrogen and oxygen atoms in total. The molecule has 0 atom stereocenters. The average Bonchev–Trinajstić information content (AvgIpc) is 3.16. The molecule has 2 N–H and O–H groups in total. The second-order valence-corrected chi connectivity index (χ2v) is 9.66. The first-order valence-corrected chi connectivity index (χ1v) is 11.7. The number of nitrogens with zero attached hydrogens (tertiary/aromatic N) is 3. The average molecular weight is 487 g/mol. The van der Waals surface area contributed by atoms with Crippen LogP contribution in [0.3, 0.4) is 0 Å². The molecule has 1 aliphatic rings. The summed E-state index contributed by atoms with van der Waals surface area (Å²) in [5.41, 5.74) is 8.20. The van der Waals surface area contributed by atoms with Crippen LogP contribution in [0.5, 0.6) is 0 Å². The molecule has 188 valence electrons. The van der Waals surface area contributed by atoms with Crippen LogP contribution in [0, 0.1) is 31.3 Å². The van der Waals surface area contributed by atoms with Crippen LogP contribution in [-0.4, -0.2) is 33.4 Å². The summed E-state index contributed by atoms with van der Waals surface area (Å²) in [5.74, 6) is -0.780. The van der Waals surface area contributed by atoms with Gasteiger partial charge >= 0.3 is 0 Å². The van der Waals surface area contributed by atoms with Crippen LogP contribution in [0.2, 0.25) is 0 Å². The lowest BCUT2D eigenvalue weighted by Crippen LogP contribution is -2.53. The van der Waals surface area contributed by atoms with Crippen LogP contribution in [-0.2, 0) is 16.9 Å². The van der Waals surface area contributed by atoms with Crippen molar-refractivity contribution in [1.29, 1.82) is 0 Å². The maximum Gasteiger partial charge on any atom is 0.237 e. The molecule has 1 amide bonds. The zero-order chi connectivity index (χ0) is 26.1. The number of aromatic nitrogens is 2. The van der Waals surface area contributed by atoms with Gasteiger partial charge in [-0.05, 0) is 57.4 Å². The fourth-order valence-electron chi connectivity index (χ4n) is 4.61. The highest BCUT2D eigenvalue weighted by atomic mass is 19.1. The molecule has 0 radical (unpaired) electrons. The maximum atomic E-state index is 14.7. The molecular formula is C27H33F3N4O. The van der Waals surface area contributed by atoms with Gasteiger partial charge < -0.3 is 15.2 Å². The Morgan fingerprint density at radius 2 is 1.69 bits per heavy atom. The van der Waals surface area contributed by atoms with Gasteiger partial charge in [-0.2, -0.15) is 0 Å². The van der Waals surface area contributed by atoms with Crippen LogP contribution < -0.4 is 5.73 Å². The summed E-state index contributed by atoms with van der Waals surface area (Å²) >= 11 is 0. The van der Waals surface area contributed by atoms with Crippen molar-refractivity contribution < 1.29 is 18.0 Å². The molecule has 35 heavy (non-hydrogen) atoms. The van der Waals surface area contributed by atoms with E-state index in [0.717, 1.165) is 17.3 Å². The molecule has 0 bridgehead atoms. The summed E-state index contributed by atoms with van der Waals surface area (Å²) in [6, 6.07) is 8.60. The van der Waals surface area contributed by atoms with Gasteiger partial charge in [-0.3, -0.25) is 4.79 Å². The molecule has 1 aromatic heterocycles. The summed E-state index contributed by atoms with van der Waals surface area (Å²) < 4.78 is 42.4. The SMILES string of the molecule is Cc1cc(F)cc(F)c1-c1nc2n(c1C(C)C)CCN(C(=O)CN)C2(C)C.Cc1ccc(F)cc1. The van der Waals surface area contributed by atoms with Crippen LogP contribution in [0.15, 0.2) is 36.4 Å². The number of halogens is 3. The first-order valence-electron chi connectivity index (χ1n) is 11.7. The first-order chi connectivity index (χ1) is 16.4. The van der Waals surface area contributed by atoms with Crippen molar-refractivity contribution in [2.24, 2.45) is 5.73 Å². The van der Waals surface area contributed by atoms with Crippen molar-refractivity contribution in [2.75, 3.05) is 13.1 Å². The number of benzene rings is 2. The number of carbonyl (C=O) groups excluding carboxylic acids is 1. The standard InChI is InChI=1S/C20H26F2N4O.C7H7F/c1-11(2)18-17(16-12(3)8-13(21)9-14(16)22)24-19-20(4,5)26(15(27)10-23)7-6-25(18)19;1-6-2-4-7(8)5-3-6/h8-9,11H,6-7,10,23H2,1-5H3;2-5H,1H3. The Labute approximate surface area is 204 Å². The van der Waals surface area contributed by atoms with Crippen molar-refractivity contribution in [2.45, 2.75) is 59.5 Å². The van der Waals surface area contributed by atoms with E-state index in [1.807, 2.05) is 34.6 Å². The monoisotopic (exact) mass is 486 g/mol. The van der Waals surface area contributed by atoms with E-state index >= 15 is 0 Å². The lowest BCUT2D eigenvalue weighted by Gasteiger charge is -2.42. The van der Waals surface area contributed by atoms with Crippen LogP contribution in [0.25, 0.3) is 11.3 Å². The summed E-state index contributed by atoms with van der Waals surface area (Å²) in [5, 5.41) is 0. The number of aryl methyl sites for hydroxylation is 2. The van der Waals surface area contributed by atoms with Gasteiger partial charge in [0.25, 0.3) is 0 Å². The Bertz CT molecular complexity index is 1170. The van der Waals surface area contributed by atoms with Gasteiger partial charge in [-0.15, -0.1) is 0 Å². The number of imidazole rings is 1. The van der Waals surface area contributed by atoms with E-state index in [1.165, 1.54) is 18.2 Å². The fraction of sp³-hybridized carbons (Fsp3) is 0.407. The van der Waals surface area contributed by atoms with Crippen molar-refractivity contribution in [3.8, 4) is 11.3 Å². The van der Waals surface area contributed by atoms with Crippen LogP contribution >= 0.6 is 0 Å². The molecule has 3 aromatic rings. The van der Waals surface area contributed by atoms with Gasteiger partial charge in [0.05, 0.1) is 17.8 Å². The van der Waals surface area contributed by atoms with Crippen molar-refractivity contribution in [3.05, 3.63) is 76.5 Å². The smallest absolute Gasteiger partial charge is 0.237 e. The summed E-state index contributed by atoms with van der Waals surface area (Å²) in [6.07, 6.45) is 0. The van der Waals surface area contributed by atoms with Crippen molar-refractivity contribution in [3.63, 3.8) is 0 Å². The molecule has 0 saturated heterocycles. The lowest BCUT2D eigenvalue weighted by molar-refractivity contribution is -0.137. The van der Waals surface area contributed by atoms with Crippen LogP contribution in [0.1, 0.15) is 56.3 Å². The quantitative estimate of drug-likeness (QED) is 0.537. The Hall–Kier alpha value is -3.13. The second kappa shape index (κ2) is 10.2. The van der Waals surface area contributed by atoms with Crippen LogP contribution in [0.4, 0.5) is 13.2 Å². The zero-order valence-electron chi connectivity index (χ0n) is 21.1. The van der Waals surface area contributed by atoms with E-state index in [2.05, 4.69) is 4.57 Å². The van der Waals surface area contributed by atoms with Gasteiger partial charge in [0, 0.05) is 30.4 Å². The fourth-order valence-corrected chi connectivity index (χ4v) is 4.61. The van der Waals surface area contributed by atoms with E-state index in [1.54, 1.807) is 24.0 Å². The summed E-state index contributed by atoms with van der Waals surface area (Å²) in [4.78, 5) is 18.8. The normalized spacial score (nSPS) is 14.4. The van der Waals surface area contributed by atoms with Gasteiger partial charge in [0.1, 0.15) is 23.3 Å². The van der Waals surface area contributed by atoms with E-state index in [0.29, 0.717) is 35.7 Å². The predicted octanol–water partition coefficient (Wildman–Crippen LogP) is 5.43. The summed E-state index contributed by atoms with van der Waals surface area (Å²) in [7, 11) is 0. The number of hydrogen-bond acceptors (Lipinski definition) is 3. The minimum Gasteiger partial charge on any atom is -0.327 e. The molecule has 0 spiro atoms. The molecule has 0 unspecified atom stereocenters. The van der Waals surface area contributed by atoms with E-state index < -0.39 is 17.2 Å². The number of fused-ring (bicyclic) bond motifs is 1. The molecule has 0 fully saturated rings. The molecule has 0 saturated carbocycles. The lowest BCUT2D eigenvalue weighted by atomic mass is 9.97. The van der Waals surface area contributed by atoms with E-state index in [-0.39, 0.29) is 24.2 Å². The maximum absolute atomic E-state index is 14.7. The first kappa shape index (κ1) is 26.5. The summed E-state index contributed by atoms with van der Waals surface area (Å²) in [6.45, 7) is 12.5. The number of hydrogen-bond donors (Lipinski definition) is 1. The number of amides is 1. The Balaban J connectivity index is 0.000000363. The van der Waals surface area contributed by atoms with Gasteiger partial charge in [0.15, 0.2) is 0 Å². The molecule has 0 aliphatic carbocycles. The third-order valence-corrected chi connectivity index (χ3v) is 6.30. The highest BCUT2D eigenvalue weighted by Gasteiger charge is 2.41. The number of nitrogens with two attached hydrogens (primary N) is 1. The van der Waals surface area contributed by atoms with Gasteiger partial charge in [-0.25, -0.2) is 18.2 Å². The van der Waals surface area contributed by atoms with Gasteiger partial charge in [-0.1, -0.05) is 31.5 Å². The third-order valence-electron chi connectivity index (χ3n) is 6.30. The van der Waals surface area contributed by atoms with Crippen molar-refractivity contribution >= 4 is 5.91 Å². The number of rotatable bonds is 3. The Morgan fingerprint density at radius 1 is 1.06 bits per heavy atom. The van der Waals surface area contributed by atoms with E-state index in [4.69, 9.17) is 10.7 Å². The molecule has 8 heteroatoms. The molecular weight excluding hydrogens is 453 g/mol. The molecule has 2 heterocycles. The van der Waals surface area contributed by atoms with Gasteiger partial charge in [0.2, 0.25) is 5.91 Å². The largest absolute Gasteiger partial charge is 0.327 e. The predicted molar refractivity (Wildman–Crippen MR) is 131 cm³/mol. The Kier molecular flexibility index (Phi) is 7.74. The number of carbonyl (C=O) groups is 1. The van der Waals surface area contributed by atoms with Crippen molar-refractivity contribution in [1.82, 2.24) is 14.5 Å². The highest BCUT2D eigenvalue weighted by molar-refractivity contribution is 5.79. The minimum atomic E-state index is -0.680. The zero-order valence-corrected chi connectivity index (χ0v) is 21.1. The second-order valence-electron chi connectivity index (χ2n) is 9.66. The van der Waals surface area contributed by atoms with E-state index in [9.17, 15) is 18.0 Å². The highest BCUT2D eigenvalue weighted by Crippen LogP contribution is 2.40. The molecule has 2 aromatic carbocycles.